The first-order valence-electron chi connectivity index (χ1n) is 5.83. The van der Waals surface area contributed by atoms with Gasteiger partial charge in [0.1, 0.15) is 4.88 Å². The predicted molar refractivity (Wildman–Crippen MR) is 72.2 cm³/mol. The molecule has 0 saturated carbocycles. The molecule has 0 unspecified atom stereocenters. The van der Waals surface area contributed by atoms with Gasteiger partial charge in [0.05, 0.1) is 11.5 Å². The topological polar surface area (TPSA) is 83.9 Å². The molecule has 0 radical (unpaired) electrons. The first-order valence-corrected chi connectivity index (χ1v) is 8.15. The third-order valence-electron chi connectivity index (χ3n) is 2.47. The molecule has 0 amide bonds. The van der Waals surface area contributed by atoms with Crippen LogP contribution >= 0.6 is 11.3 Å². The molecule has 0 aliphatic heterocycles. The summed E-state index contributed by atoms with van der Waals surface area (Å²) in [6.45, 7) is 4.98. The lowest BCUT2D eigenvalue weighted by Crippen LogP contribution is -2.33. The Hall–Kier alpha value is -0.960. The lowest BCUT2D eigenvalue weighted by Gasteiger charge is -2.19. The Morgan fingerprint density at radius 1 is 1.47 bits per heavy atom. The highest BCUT2D eigenvalue weighted by atomic mass is 32.2. The summed E-state index contributed by atoms with van der Waals surface area (Å²) >= 11 is 0.904. The summed E-state index contributed by atoms with van der Waals surface area (Å²) in [5.41, 5.74) is 0. The van der Waals surface area contributed by atoms with Gasteiger partial charge in [0.15, 0.2) is 0 Å². The molecule has 8 heteroatoms. The van der Waals surface area contributed by atoms with E-state index in [0.717, 1.165) is 11.3 Å². The van der Waals surface area contributed by atoms with Crippen LogP contribution in [0.5, 0.6) is 0 Å². The van der Waals surface area contributed by atoms with Crippen LogP contribution in [0.25, 0.3) is 0 Å². The molecule has 0 atom stereocenters. The number of sulfonamides is 1. The zero-order chi connectivity index (χ0) is 14.5. The molecule has 0 spiro atoms. The molecule has 1 rings (SSSR count). The molecular formula is C11H17NO5S2. The molecule has 1 aromatic heterocycles. The van der Waals surface area contributed by atoms with Gasteiger partial charge in [-0.05, 0) is 13.0 Å². The molecule has 0 saturated heterocycles. The van der Waals surface area contributed by atoms with E-state index in [2.05, 4.69) is 0 Å². The van der Waals surface area contributed by atoms with Crippen LogP contribution in [0.15, 0.2) is 16.3 Å². The molecule has 0 aliphatic rings. The molecule has 6 nitrogen and oxygen atoms in total. The van der Waals surface area contributed by atoms with E-state index < -0.39 is 16.0 Å². The number of hydrogen-bond donors (Lipinski definition) is 1. The highest BCUT2D eigenvalue weighted by Crippen LogP contribution is 2.22. The highest BCUT2D eigenvalue weighted by Gasteiger charge is 2.25. The molecule has 108 valence electrons. The molecule has 0 aliphatic carbocycles. The van der Waals surface area contributed by atoms with Crippen molar-refractivity contribution < 1.29 is 23.1 Å². The number of carboxylic acid groups (broad SMARTS) is 1. The summed E-state index contributed by atoms with van der Waals surface area (Å²) in [6.07, 6.45) is 0. The lowest BCUT2D eigenvalue weighted by atomic mass is 10.5. The van der Waals surface area contributed by atoms with Crippen LogP contribution in [0.1, 0.15) is 23.5 Å². The van der Waals surface area contributed by atoms with E-state index in [1.54, 1.807) is 6.92 Å². The summed E-state index contributed by atoms with van der Waals surface area (Å²) in [5.74, 6) is -1.12. The van der Waals surface area contributed by atoms with Crippen molar-refractivity contribution in [2.24, 2.45) is 0 Å². The summed E-state index contributed by atoms with van der Waals surface area (Å²) < 4.78 is 31.0. The third kappa shape index (κ3) is 4.00. The molecule has 0 fully saturated rings. The van der Waals surface area contributed by atoms with Gasteiger partial charge in [0, 0.05) is 25.1 Å². The maximum Gasteiger partial charge on any atom is 0.345 e. The fourth-order valence-corrected chi connectivity index (χ4v) is 4.01. The average Bonchev–Trinajstić information content (AvgIpc) is 2.84. The smallest absolute Gasteiger partial charge is 0.345 e. The molecule has 0 aromatic carbocycles. The van der Waals surface area contributed by atoms with E-state index >= 15 is 0 Å². The summed E-state index contributed by atoms with van der Waals surface area (Å²) in [4.78, 5) is 10.8. The van der Waals surface area contributed by atoms with E-state index in [9.17, 15) is 13.2 Å². The van der Waals surface area contributed by atoms with Gasteiger partial charge in [-0.25, -0.2) is 13.2 Å². The van der Waals surface area contributed by atoms with Gasteiger partial charge in [-0.2, -0.15) is 4.31 Å². The van der Waals surface area contributed by atoms with Crippen LogP contribution in [-0.4, -0.2) is 50.1 Å². The van der Waals surface area contributed by atoms with Crippen molar-refractivity contribution in [3.05, 3.63) is 16.3 Å². The van der Waals surface area contributed by atoms with Gasteiger partial charge in [0.2, 0.25) is 10.0 Å². The monoisotopic (exact) mass is 307 g/mol. The Labute approximate surface area is 116 Å². The van der Waals surface area contributed by atoms with Crippen LogP contribution in [0.4, 0.5) is 0 Å². The number of likely N-dealkylation sites (N-methyl/N-ethyl adjacent to an activating group) is 1. The van der Waals surface area contributed by atoms with Gasteiger partial charge < -0.3 is 9.84 Å². The second kappa shape index (κ2) is 6.99. The third-order valence-corrected chi connectivity index (χ3v) is 5.49. The van der Waals surface area contributed by atoms with Gasteiger partial charge in [-0.1, -0.05) is 6.92 Å². The SMILES string of the molecule is CCOCCN(CC)S(=O)(=O)c1csc(C(=O)O)c1. The number of thiophene rings is 1. The Balaban J connectivity index is 2.89. The first-order chi connectivity index (χ1) is 8.93. The second-order valence-electron chi connectivity index (χ2n) is 3.65. The number of carbonyl (C=O) groups is 1. The standard InChI is InChI=1S/C11H17NO5S2/c1-3-12(5-6-17-4-2)19(15,16)9-7-10(11(13)14)18-8-9/h7-8H,3-6H2,1-2H3,(H,13,14). The van der Waals surface area contributed by atoms with Gasteiger partial charge in [-0.15, -0.1) is 11.3 Å². The Morgan fingerprint density at radius 3 is 2.63 bits per heavy atom. The van der Waals surface area contributed by atoms with E-state index in [1.165, 1.54) is 15.8 Å². The van der Waals surface area contributed by atoms with Crippen molar-refractivity contribution in [3.8, 4) is 0 Å². The zero-order valence-corrected chi connectivity index (χ0v) is 12.5. The minimum Gasteiger partial charge on any atom is -0.477 e. The van der Waals surface area contributed by atoms with Gasteiger partial charge in [-0.3, -0.25) is 0 Å². The zero-order valence-electron chi connectivity index (χ0n) is 10.8. The van der Waals surface area contributed by atoms with E-state index in [4.69, 9.17) is 9.84 Å². The minimum absolute atomic E-state index is 0.0134. The highest BCUT2D eigenvalue weighted by molar-refractivity contribution is 7.89. The molecule has 0 bridgehead atoms. The normalized spacial score (nSPS) is 11.9. The quantitative estimate of drug-likeness (QED) is 0.736. The second-order valence-corrected chi connectivity index (χ2v) is 6.49. The van der Waals surface area contributed by atoms with E-state index in [1.807, 2.05) is 6.92 Å². The summed E-state index contributed by atoms with van der Waals surface area (Å²) in [7, 11) is -3.64. The first kappa shape index (κ1) is 16.1. The number of carboxylic acids is 1. The molecule has 1 N–H and O–H groups in total. The summed E-state index contributed by atoms with van der Waals surface area (Å²) in [5, 5.41) is 10.2. The van der Waals surface area contributed by atoms with Crippen molar-refractivity contribution in [2.75, 3.05) is 26.3 Å². The molecular weight excluding hydrogens is 290 g/mol. The largest absolute Gasteiger partial charge is 0.477 e. The van der Waals surface area contributed by atoms with Crippen molar-refractivity contribution >= 4 is 27.3 Å². The number of rotatable bonds is 8. The van der Waals surface area contributed by atoms with Crippen molar-refractivity contribution in [1.29, 1.82) is 0 Å². The fourth-order valence-electron chi connectivity index (χ4n) is 1.47. The van der Waals surface area contributed by atoms with Gasteiger partial charge in [0.25, 0.3) is 0 Å². The molecule has 1 aromatic rings. The fraction of sp³-hybridized carbons (Fsp3) is 0.545. The Kier molecular flexibility index (Phi) is 5.92. The van der Waals surface area contributed by atoms with Crippen LogP contribution in [-0.2, 0) is 14.8 Å². The molecule has 19 heavy (non-hydrogen) atoms. The van der Waals surface area contributed by atoms with Crippen LogP contribution < -0.4 is 0 Å². The van der Waals surface area contributed by atoms with Crippen molar-refractivity contribution in [1.82, 2.24) is 4.31 Å². The van der Waals surface area contributed by atoms with Crippen LogP contribution in [0.3, 0.4) is 0 Å². The molecule has 1 heterocycles. The van der Waals surface area contributed by atoms with E-state index in [-0.39, 0.29) is 16.3 Å². The number of hydrogen-bond acceptors (Lipinski definition) is 5. The van der Waals surface area contributed by atoms with Crippen LogP contribution in [0.2, 0.25) is 0 Å². The van der Waals surface area contributed by atoms with Crippen LogP contribution in [0, 0.1) is 0 Å². The number of nitrogens with zero attached hydrogens (tertiary/aromatic N) is 1. The number of ether oxygens (including phenoxy) is 1. The van der Waals surface area contributed by atoms with Gasteiger partial charge >= 0.3 is 5.97 Å². The Bertz CT molecular complexity index is 523. The average molecular weight is 307 g/mol. The minimum atomic E-state index is -3.64. The Morgan fingerprint density at radius 2 is 2.16 bits per heavy atom. The maximum absolute atomic E-state index is 12.3. The van der Waals surface area contributed by atoms with E-state index in [0.29, 0.717) is 19.8 Å². The maximum atomic E-state index is 12.3. The van der Waals surface area contributed by atoms with Crippen molar-refractivity contribution in [2.45, 2.75) is 18.7 Å². The van der Waals surface area contributed by atoms with Crippen molar-refractivity contribution in [3.63, 3.8) is 0 Å². The summed E-state index contributed by atoms with van der Waals surface area (Å²) in [6, 6.07) is 1.19. The predicted octanol–water partition coefficient (Wildman–Crippen LogP) is 1.49. The lowest BCUT2D eigenvalue weighted by molar-refractivity contribution is 0.0702. The number of aromatic carboxylic acids is 1.